The Morgan fingerprint density at radius 3 is 2.73 bits per heavy atom. The van der Waals surface area contributed by atoms with Crippen LogP contribution in [0.1, 0.15) is 24.4 Å². The molecule has 6 heteroatoms. The van der Waals surface area contributed by atoms with Crippen LogP contribution in [-0.4, -0.2) is 17.7 Å². The summed E-state index contributed by atoms with van der Waals surface area (Å²) in [7, 11) is 0. The van der Waals surface area contributed by atoms with Gasteiger partial charge >= 0.3 is 5.97 Å². The topological polar surface area (TPSA) is 73.6 Å². The van der Waals surface area contributed by atoms with Gasteiger partial charge in [0.2, 0.25) is 0 Å². The molecule has 0 aliphatic carbocycles. The van der Waals surface area contributed by atoms with E-state index >= 15 is 0 Å². The molecule has 2 heterocycles. The number of hydrogen-bond donors (Lipinski definition) is 1. The van der Waals surface area contributed by atoms with Crippen LogP contribution in [0.15, 0.2) is 46.6 Å². The number of carbonyl (C=O) groups is 1. The molecular formula is C16H16N2O4. The van der Waals surface area contributed by atoms with Crippen molar-refractivity contribution in [2.45, 2.75) is 20.0 Å². The molecule has 1 aliphatic heterocycles. The molecule has 0 saturated heterocycles. The van der Waals surface area contributed by atoms with E-state index in [4.69, 9.17) is 14.0 Å². The molecule has 1 aliphatic rings. The fourth-order valence-corrected chi connectivity index (χ4v) is 2.17. The molecule has 0 fully saturated rings. The average molecular weight is 300 g/mol. The quantitative estimate of drug-likeness (QED) is 0.856. The molecule has 114 valence electrons. The van der Waals surface area contributed by atoms with Gasteiger partial charge in [0, 0.05) is 6.07 Å². The molecule has 2 aromatic rings. The van der Waals surface area contributed by atoms with Crippen LogP contribution in [0.2, 0.25) is 0 Å². The van der Waals surface area contributed by atoms with Crippen LogP contribution in [0.5, 0.6) is 5.75 Å². The molecule has 0 radical (unpaired) electrons. The van der Waals surface area contributed by atoms with E-state index in [0.29, 0.717) is 23.9 Å². The van der Waals surface area contributed by atoms with Gasteiger partial charge in [0.05, 0.1) is 6.61 Å². The lowest BCUT2D eigenvalue weighted by molar-refractivity contribution is -0.139. The number of benzene rings is 1. The maximum Gasteiger partial charge on any atom is 0.355 e. The van der Waals surface area contributed by atoms with Gasteiger partial charge in [-0.2, -0.15) is 0 Å². The predicted octanol–water partition coefficient (Wildman–Crippen LogP) is 2.98. The highest BCUT2D eigenvalue weighted by atomic mass is 16.5. The largest absolute Gasteiger partial charge is 0.494 e. The molecule has 1 unspecified atom stereocenters. The number of ether oxygens (including phenoxy) is 2. The Balaban J connectivity index is 1.74. The van der Waals surface area contributed by atoms with Crippen LogP contribution in [-0.2, 0) is 9.53 Å². The molecule has 0 saturated carbocycles. The molecule has 0 amide bonds. The Bertz CT molecular complexity index is 703. The lowest BCUT2D eigenvalue weighted by Crippen LogP contribution is -2.08. The number of hydrogen-bond acceptors (Lipinski definition) is 6. The Morgan fingerprint density at radius 1 is 1.32 bits per heavy atom. The maximum absolute atomic E-state index is 11.9. The van der Waals surface area contributed by atoms with Crippen LogP contribution < -0.4 is 10.1 Å². The number of anilines is 1. The number of nitrogens with zero attached hydrogens (tertiary/aromatic N) is 1. The van der Waals surface area contributed by atoms with Gasteiger partial charge in [-0.1, -0.05) is 17.3 Å². The summed E-state index contributed by atoms with van der Waals surface area (Å²) in [5.74, 6) is 1.51. The maximum atomic E-state index is 11.9. The monoisotopic (exact) mass is 300 g/mol. The molecule has 1 atom stereocenters. The fraction of sp³-hybridized carbons (Fsp3) is 0.250. The standard InChI is InChI=1S/C16H16N2O4/c1-3-20-12-6-4-11(5-7-12)14-9-13(16(19)21-14)17-15-8-10(2)22-18-15/h4-9,14H,3H2,1-2H3,(H,17,18). The second kappa shape index (κ2) is 5.93. The van der Waals surface area contributed by atoms with Crippen molar-refractivity contribution in [1.82, 2.24) is 5.16 Å². The summed E-state index contributed by atoms with van der Waals surface area (Å²) in [5, 5.41) is 6.69. The van der Waals surface area contributed by atoms with Crippen LogP contribution in [0.3, 0.4) is 0 Å². The van der Waals surface area contributed by atoms with Crippen LogP contribution in [0.25, 0.3) is 0 Å². The molecule has 1 aromatic heterocycles. The predicted molar refractivity (Wildman–Crippen MR) is 79.4 cm³/mol. The van der Waals surface area contributed by atoms with Crippen LogP contribution >= 0.6 is 0 Å². The van der Waals surface area contributed by atoms with Crippen molar-refractivity contribution >= 4 is 11.8 Å². The molecular weight excluding hydrogens is 284 g/mol. The average Bonchev–Trinajstić information content (AvgIpc) is 3.07. The van der Waals surface area contributed by atoms with Crippen molar-refractivity contribution in [2.75, 3.05) is 11.9 Å². The molecule has 0 bridgehead atoms. The number of aromatic nitrogens is 1. The first kappa shape index (κ1) is 14.2. The summed E-state index contributed by atoms with van der Waals surface area (Å²) in [6.45, 7) is 4.32. The summed E-state index contributed by atoms with van der Waals surface area (Å²) in [6, 6.07) is 9.17. The second-order valence-electron chi connectivity index (χ2n) is 4.86. The number of aryl methyl sites for hydroxylation is 1. The highest BCUT2D eigenvalue weighted by molar-refractivity contribution is 5.94. The Labute approximate surface area is 127 Å². The van der Waals surface area contributed by atoms with Gasteiger partial charge in [0.15, 0.2) is 5.82 Å². The van der Waals surface area contributed by atoms with E-state index in [9.17, 15) is 4.79 Å². The highest BCUT2D eigenvalue weighted by Gasteiger charge is 2.27. The number of nitrogens with one attached hydrogen (secondary N) is 1. The van der Waals surface area contributed by atoms with E-state index in [1.807, 2.05) is 31.2 Å². The number of rotatable bonds is 5. The van der Waals surface area contributed by atoms with E-state index in [0.717, 1.165) is 11.3 Å². The Hall–Kier alpha value is -2.76. The van der Waals surface area contributed by atoms with Crippen molar-refractivity contribution in [2.24, 2.45) is 0 Å². The third-order valence-corrected chi connectivity index (χ3v) is 3.18. The minimum atomic E-state index is -0.418. The van der Waals surface area contributed by atoms with E-state index in [-0.39, 0.29) is 0 Å². The van der Waals surface area contributed by atoms with Crippen LogP contribution in [0, 0.1) is 6.92 Å². The first-order chi connectivity index (χ1) is 10.7. The smallest absolute Gasteiger partial charge is 0.355 e. The molecule has 6 nitrogen and oxygen atoms in total. The van der Waals surface area contributed by atoms with E-state index in [2.05, 4.69) is 10.5 Å². The minimum absolute atomic E-state index is 0.354. The lowest BCUT2D eigenvalue weighted by atomic mass is 10.1. The fourth-order valence-electron chi connectivity index (χ4n) is 2.17. The van der Waals surface area contributed by atoms with E-state index < -0.39 is 12.1 Å². The van der Waals surface area contributed by atoms with Crippen molar-refractivity contribution < 1.29 is 18.8 Å². The Kier molecular flexibility index (Phi) is 3.82. The summed E-state index contributed by atoms with van der Waals surface area (Å²) in [4.78, 5) is 11.9. The first-order valence-corrected chi connectivity index (χ1v) is 7.01. The zero-order chi connectivity index (χ0) is 15.5. The molecule has 22 heavy (non-hydrogen) atoms. The van der Waals surface area contributed by atoms with Crippen molar-refractivity contribution in [3.8, 4) is 5.75 Å². The Morgan fingerprint density at radius 2 is 2.09 bits per heavy atom. The normalized spacial score (nSPS) is 17.1. The summed E-state index contributed by atoms with van der Waals surface area (Å²) in [5.41, 5.74) is 1.23. The van der Waals surface area contributed by atoms with Gasteiger partial charge in [-0.15, -0.1) is 0 Å². The summed E-state index contributed by atoms with van der Waals surface area (Å²) >= 11 is 0. The van der Waals surface area contributed by atoms with Gasteiger partial charge in [-0.3, -0.25) is 0 Å². The SMILES string of the molecule is CCOc1ccc(C2C=C(Nc3cc(C)on3)C(=O)O2)cc1. The number of carbonyl (C=O) groups excluding carboxylic acids is 1. The third kappa shape index (κ3) is 2.95. The number of cyclic esters (lactones) is 1. The van der Waals surface area contributed by atoms with Gasteiger partial charge < -0.3 is 19.3 Å². The highest BCUT2D eigenvalue weighted by Crippen LogP contribution is 2.29. The molecule has 3 rings (SSSR count). The molecule has 1 N–H and O–H groups in total. The summed E-state index contributed by atoms with van der Waals surface area (Å²) < 4.78 is 15.7. The van der Waals surface area contributed by atoms with Crippen molar-refractivity contribution in [3.05, 3.63) is 53.4 Å². The summed E-state index contributed by atoms with van der Waals surface area (Å²) in [6.07, 6.45) is 1.31. The van der Waals surface area contributed by atoms with Crippen molar-refractivity contribution in [3.63, 3.8) is 0 Å². The molecule has 1 aromatic carbocycles. The second-order valence-corrected chi connectivity index (χ2v) is 4.86. The van der Waals surface area contributed by atoms with Gasteiger partial charge in [-0.25, -0.2) is 4.79 Å². The van der Waals surface area contributed by atoms with Gasteiger partial charge in [0.1, 0.15) is 23.3 Å². The van der Waals surface area contributed by atoms with Crippen LogP contribution in [0.4, 0.5) is 5.82 Å². The lowest BCUT2D eigenvalue weighted by Gasteiger charge is -2.09. The van der Waals surface area contributed by atoms with E-state index in [1.165, 1.54) is 0 Å². The zero-order valence-corrected chi connectivity index (χ0v) is 12.3. The van der Waals surface area contributed by atoms with Gasteiger partial charge in [-0.05, 0) is 37.6 Å². The van der Waals surface area contributed by atoms with Gasteiger partial charge in [0.25, 0.3) is 0 Å². The van der Waals surface area contributed by atoms with E-state index in [1.54, 1.807) is 19.1 Å². The zero-order valence-electron chi connectivity index (χ0n) is 12.3. The minimum Gasteiger partial charge on any atom is -0.494 e. The van der Waals surface area contributed by atoms with Crippen molar-refractivity contribution in [1.29, 1.82) is 0 Å². The third-order valence-electron chi connectivity index (χ3n) is 3.18. The number of esters is 1. The molecule has 0 spiro atoms. The first-order valence-electron chi connectivity index (χ1n) is 7.01.